The molecule has 7 heteroatoms. The first-order chi connectivity index (χ1) is 13.5. The van der Waals surface area contributed by atoms with Gasteiger partial charge in [-0.2, -0.15) is 5.26 Å². The molecule has 1 fully saturated rings. The van der Waals surface area contributed by atoms with E-state index >= 15 is 0 Å². The predicted octanol–water partition coefficient (Wildman–Crippen LogP) is 2.48. The Bertz CT molecular complexity index is 904. The van der Waals surface area contributed by atoms with Crippen LogP contribution in [0.25, 0.3) is 6.08 Å². The Morgan fingerprint density at radius 1 is 1.29 bits per heavy atom. The quantitative estimate of drug-likeness (QED) is 0.574. The van der Waals surface area contributed by atoms with E-state index < -0.39 is 11.8 Å². The number of amides is 2. The number of hydrogen-bond donors (Lipinski definition) is 0. The second-order valence-electron chi connectivity index (χ2n) is 6.63. The van der Waals surface area contributed by atoms with Crippen LogP contribution in [0.2, 0.25) is 0 Å². The fraction of sp³-hybridized carbons (Fsp3) is 0.381. The number of nitriles is 1. The van der Waals surface area contributed by atoms with Crippen molar-refractivity contribution < 1.29 is 23.8 Å². The molecule has 7 nitrogen and oxygen atoms in total. The molecule has 0 aliphatic carbocycles. The van der Waals surface area contributed by atoms with Crippen LogP contribution >= 0.6 is 0 Å². The topological polar surface area (TPSA) is 88.9 Å². The van der Waals surface area contributed by atoms with Gasteiger partial charge in [-0.15, -0.1) is 0 Å². The molecule has 2 heterocycles. The molecule has 1 atom stereocenters. The van der Waals surface area contributed by atoms with Crippen molar-refractivity contribution in [3.05, 3.63) is 40.5 Å². The summed E-state index contributed by atoms with van der Waals surface area (Å²) in [4.78, 5) is 26.9. The summed E-state index contributed by atoms with van der Waals surface area (Å²) in [5.74, 6) is 0.136. The zero-order valence-electron chi connectivity index (χ0n) is 16.2. The average Bonchev–Trinajstić information content (AvgIpc) is 3.22. The van der Waals surface area contributed by atoms with Crippen LogP contribution in [0.1, 0.15) is 25.3 Å². The maximum atomic E-state index is 13.1. The van der Waals surface area contributed by atoms with Gasteiger partial charge in [0.1, 0.15) is 23.1 Å². The van der Waals surface area contributed by atoms with Gasteiger partial charge in [0.2, 0.25) is 0 Å². The van der Waals surface area contributed by atoms with E-state index in [1.54, 1.807) is 38.3 Å². The molecule has 3 rings (SSSR count). The van der Waals surface area contributed by atoms with Gasteiger partial charge in [-0.25, -0.2) is 0 Å². The summed E-state index contributed by atoms with van der Waals surface area (Å²) in [5.41, 5.74) is 1.27. The summed E-state index contributed by atoms with van der Waals surface area (Å²) in [5, 5.41) is 9.48. The van der Waals surface area contributed by atoms with Crippen LogP contribution in [-0.2, 0) is 14.3 Å². The third-order valence-electron chi connectivity index (χ3n) is 4.98. The van der Waals surface area contributed by atoms with E-state index in [4.69, 9.17) is 14.2 Å². The standard InChI is InChI=1S/C21H22N2O5/c1-13-17(9-14-6-7-15(26-2)10-19(14)27-3)20(24)23(21(25)18(13)11-22)12-16-5-4-8-28-16/h6-7,9-10,16H,4-5,8,12H2,1-3H3/b17-9+. The minimum atomic E-state index is -0.570. The lowest BCUT2D eigenvalue weighted by Gasteiger charge is -2.29. The van der Waals surface area contributed by atoms with Crippen molar-refractivity contribution >= 4 is 17.9 Å². The van der Waals surface area contributed by atoms with Crippen molar-refractivity contribution in [2.45, 2.75) is 25.9 Å². The van der Waals surface area contributed by atoms with E-state index in [1.165, 1.54) is 7.11 Å². The minimum Gasteiger partial charge on any atom is -0.497 e. The molecule has 1 unspecified atom stereocenters. The first-order valence-electron chi connectivity index (χ1n) is 9.03. The molecule has 1 aromatic carbocycles. The molecular weight excluding hydrogens is 360 g/mol. The van der Waals surface area contributed by atoms with Gasteiger partial charge in [0.05, 0.1) is 26.9 Å². The number of methoxy groups -OCH3 is 2. The average molecular weight is 382 g/mol. The van der Waals surface area contributed by atoms with Crippen LogP contribution in [0, 0.1) is 11.3 Å². The van der Waals surface area contributed by atoms with Crippen molar-refractivity contribution in [2.24, 2.45) is 0 Å². The van der Waals surface area contributed by atoms with Crippen LogP contribution in [-0.4, -0.2) is 50.2 Å². The number of carbonyl (C=O) groups is 2. The van der Waals surface area contributed by atoms with Gasteiger partial charge in [0.25, 0.3) is 11.8 Å². The summed E-state index contributed by atoms with van der Waals surface area (Å²) in [6.45, 7) is 2.37. The van der Waals surface area contributed by atoms with E-state index in [0.717, 1.165) is 17.7 Å². The smallest absolute Gasteiger partial charge is 0.271 e. The SMILES string of the molecule is COc1ccc(/C=C2/C(=O)N(CC3CCCO3)C(=O)C(C#N)=C2C)c(OC)c1. The van der Waals surface area contributed by atoms with Crippen LogP contribution in [0.3, 0.4) is 0 Å². The van der Waals surface area contributed by atoms with Gasteiger partial charge in [0, 0.05) is 23.8 Å². The Hall–Kier alpha value is -3.11. The van der Waals surface area contributed by atoms with Crippen molar-refractivity contribution in [1.82, 2.24) is 4.90 Å². The maximum absolute atomic E-state index is 13.1. The molecule has 0 radical (unpaired) electrons. The predicted molar refractivity (Wildman–Crippen MR) is 102 cm³/mol. The fourth-order valence-electron chi connectivity index (χ4n) is 3.38. The highest BCUT2D eigenvalue weighted by Crippen LogP contribution is 2.32. The maximum Gasteiger partial charge on any atom is 0.271 e. The molecule has 2 aliphatic heterocycles. The minimum absolute atomic E-state index is 0.0312. The lowest BCUT2D eigenvalue weighted by Crippen LogP contribution is -2.46. The molecule has 1 aromatic rings. The van der Waals surface area contributed by atoms with Gasteiger partial charge in [-0.1, -0.05) is 0 Å². The van der Waals surface area contributed by atoms with Crippen LogP contribution < -0.4 is 9.47 Å². The van der Waals surface area contributed by atoms with Crippen molar-refractivity contribution in [3.63, 3.8) is 0 Å². The van der Waals surface area contributed by atoms with Crippen molar-refractivity contribution in [2.75, 3.05) is 27.4 Å². The van der Waals surface area contributed by atoms with Crippen molar-refractivity contribution in [3.8, 4) is 17.6 Å². The number of nitrogens with zero attached hydrogens (tertiary/aromatic N) is 2. The van der Waals surface area contributed by atoms with Crippen molar-refractivity contribution in [1.29, 1.82) is 5.26 Å². The summed E-state index contributed by atoms with van der Waals surface area (Å²) >= 11 is 0. The fourth-order valence-corrected chi connectivity index (χ4v) is 3.38. The largest absolute Gasteiger partial charge is 0.497 e. The normalized spacial score (nSPS) is 21.3. The second kappa shape index (κ2) is 8.28. The van der Waals surface area contributed by atoms with Gasteiger partial charge >= 0.3 is 0 Å². The van der Waals surface area contributed by atoms with Crippen LogP contribution in [0.4, 0.5) is 0 Å². The van der Waals surface area contributed by atoms with E-state index in [1.807, 2.05) is 6.07 Å². The highest BCUT2D eigenvalue weighted by molar-refractivity contribution is 6.19. The van der Waals surface area contributed by atoms with E-state index in [0.29, 0.717) is 29.2 Å². The second-order valence-corrected chi connectivity index (χ2v) is 6.63. The van der Waals surface area contributed by atoms with Crippen LogP contribution in [0.5, 0.6) is 11.5 Å². The highest BCUT2D eigenvalue weighted by atomic mass is 16.5. The number of ether oxygens (including phenoxy) is 3. The third kappa shape index (κ3) is 3.64. The molecule has 0 spiro atoms. The Morgan fingerprint density at radius 2 is 2.07 bits per heavy atom. The number of benzene rings is 1. The molecule has 2 aliphatic rings. The summed E-state index contributed by atoms with van der Waals surface area (Å²) in [6, 6.07) is 7.17. The third-order valence-corrected chi connectivity index (χ3v) is 4.98. The first kappa shape index (κ1) is 19.6. The number of hydrogen-bond acceptors (Lipinski definition) is 6. The summed E-state index contributed by atoms with van der Waals surface area (Å²) in [6.07, 6.45) is 3.13. The number of carbonyl (C=O) groups excluding carboxylic acids is 2. The molecule has 2 amide bonds. The van der Waals surface area contributed by atoms with E-state index in [9.17, 15) is 14.9 Å². The number of imide groups is 1. The Kier molecular flexibility index (Phi) is 5.81. The molecular formula is C21H22N2O5. The zero-order chi connectivity index (χ0) is 20.3. The molecule has 28 heavy (non-hydrogen) atoms. The summed E-state index contributed by atoms with van der Waals surface area (Å²) in [7, 11) is 3.08. The monoisotopic (exact) mass is 382 g/mol. The molecule has 146 valence electrons. The van der Waals surface area contributed by atoms with Gasteiger partial charge in [-0.05, 0) is 43.5 Å². The molecule has 1 saturated heterocycles. The Morgan fingerprint density at radius 3 is 2.68 bits per heavy atom. The lowest BCUT2D eigenvalue weighted by atomic mass is 9.93. The first-order valence-corrected chi connectivity index (χ1v) is 9.03. The summed E-state index contributed by atoms with van der Waals surface area (Å²) < 4.78 is 16.2. The van der Waals surface area contributed by atoms with Gasteiger partial charge in [-0.3, -0.25) is 14.5 Å². The zero-order valence-corrected chi connectivity index (χ0v) is 16.2. The number of rotatable bonds is 5. The van der Waals surface area contributed by atoms with E-state index in [2.05, 4.69) is 0 Å². The molecule has 0 saturated carbocycles. The molecule has 0 N–H and O–H groups in total. The Labute approximate surface area is 163 Å². The Balaban J connectivity index is 2.04. The lowest BCUT2D eigenvalue weighted by molar-refractivity contribution is -0.142. The molecule has 0 aromatic heterocycles. The van der Waals surface area contributed by atoms with E-state index in [-0.39, 0.29) is 23.8 Å². The van der Waals surface area contributed by atoms with Gasteiger partial charge < -0.3 is 14.2 Å². The molecule has 0 bridgehead atoms. The van der Waals surface area contributed by atoms with Crippen LogP contribution in [0.15, 0.2) is 34.9 Å². The highest BCUT2D eigenvalue weighted by Gasteiger charge is 2.37. The van der Waals surface area contributed by atoms with Gasteiger partial charge in [0.15, 0.2) is 0 Å².